The van der Waals surface area contributed by atoms with Crippen LogP contribution in [0.3, 0.4) is 0 Å². The second-order valence-corrected chi connectivity index (χ2v) is 7.03. The first-order chi connectivity index (χ1) is 12.0. The Balaban J connectivity index is 1.93. The summed E-state index contributed by atoms with van der Waals surface area (Å²) in [5.74, 6) is -0.842. The molecule has 2 rings (SSSR count). The first-order valence-corrected chi connectivity index (χ1v) is 9.05. The van der Waals surface area contributed by atoms with Crippen molar-refractivity contribution in [2.45, 2.75) is 43.0 Å². The predicted octanol–water partition coefficient (Wildman–Crippen LogP) is 2.48. The van der Waals surface area contributed by atoms with Crippen molar-refractivity contribution in [1.29, 1.82) is 5.26 Å². The van der Waals surface area contributed by atoms with Crippen LogP contribution >= 0.6 is 11.8 Å². The highest BCUT2D eigenvalue weighted by Gasteiger charge is 2.35. The van der Waals surface area contributed by atoms with Gasteiger partial charge in [-0.1, -0.05) is 12.1 Å². The molecule has 0 spiro atoms. The highest BCUT2D eigenvalue weighted by molar-refractivity contribution is 8.00. The summed E-state index contributed by atoms with van der Waals surface area (Å²) in [6, 6.07) is 8.94. The summed E-state index contributed by atoms with van der Waals surface area (Å²) < 4.78 is 5.08. The largest absolute Gasteiger partial charge is 0.452 e. The second kappa shape index (κ2) is 8.67. The minimum atomic E-state index is -0.835. The van der Waals surface area contributed by atoms with E-state index in [1.54, 1.807) is 24.3 Å². The molecule has 1 fully saturated rings. The zero-order chi connectivity index (χ0) is 18.3. The maximum atomic E-state index is 12.2. The van der Waals surface area contributed by atoms with E-state index in [1.807, 2.05) is 0 Å². The molecule has 1 aliphatic rings. The molecule has 6 nitrogen and oxygen atoms in total. The molecule has 0 atom stereocenters. The second-order valence-electron chi connectivity index (χ2n) is 6.01. The van der Waals surface area contributed by atoms with Gasteiger partial charge < -0.3 is 10.1 Å². The summed E-state index contributed by atoms with van der Waals surface area (Å²) in [5.41, 5.74) is -0.518. The minimum Gasteiger partial charge on any atom is -0.452 e. The maximum absolute atomic E-state index is 12.2. The van der Waals surface area contributed by atoms with Crippen LogP contribution < -0.4 is 5.32 Å². The normalized spacial score (nSPS) is 15.2. The fraction of sp³-hybridized carbons (Fsp3) is 0.444. The van der Waals surface area contributed by atoms with E-state index in [0.29, 0.717) is 23.3 Å². The Morgan fingerprint density at radius 1 is 1.28 bits per heavy atom. The summed E-state index contributed by atoms with van der Waals surface area (Å²) in [5, 5.41) is 11.9. The Bertz CT molecular complexity index is 705. The molecule has 0 aliphatic heterocycles. The molecule has 0 radical (unpaired) electrons. The minimum absolute atomic E-state index is 0.00548. The molecular weight excluding hydrogens is 340 g/mol. The lowest BCUT2D eigenvalue weighted by molar-refractivity contribution is -0.125. The monoisotopic (exact) mass is 360 g/mol. The molecule has 1 aromatic rings. The first-order valence-electron chi connectivity index (χ1n) is 8.06. The molecule has 1 saturated carbocycles. The van der Waals surface area contributed by atoms with Gasteiger partial charge in [0.15, 0.2) is 6.61 Å². The van der Waals surface area contributed by atoms with Crippen molar-refractivity contribution in [2.75, 3.05) is 12.4 Å². The predicted molar refractivity (Wildman–Crippen MR) is 93.1 cm³/mol. The topological polar surface area (TPSA) is 96.3 Å². The van der Waals surface area contributed by atoms with Crippen LogP contribution in [0.2, 0.25) is 0 Å². The number of rotatable bonds is 7. The van der Waals surface area contributed by atoms with E-state index in [1.165, 1.54) is 18.7 Å². The van der Waals surface area contributed by atoms with E-state index in [2.05, 4.69) is 11.4 Å². The molecule has 25 heavy (non-hydrogen) atoms. The van der Waals surface area contributed by atoms with Gasteiger partial charge in [-0.3, -0.25) is 9.59 Å². The van der Waals surface area contributed by atoms with Gasteiger partial charge in [-0.15, -0.1) is 11.8 Å². The maximum Gasteiger partial charge on any atom is 0.339 e. The molecule has 1 aromatic carbocycles. The first kappa shape index (κ1) is 19.0. The number of Topliss-reactive ketones (excluding diaryl/α,β-unsaturated/α-hetero) is 1. The third-order valence-electron chi connectivity index (χ3n) is 3.92. The van der Waals surface area contributed by atoms with Gasteiger partial charge in [-0.05, 0) is 44.7 Å². The third-order valence-corrected chi connectivity index (χ3v) is 5.14. The number of hydrogen-bond donors (Lipinski definition) is 1. The van der Waals surface area contributed by atoms with Gasteiger partial charge in [0.05, 0.1) is 17.4 Å². The summed E-state index contributed by atoms with van der Waals surface area (Å²) in [6.07, 6.45) is 3.03. The number of esters is 1. The number of nitriles is 1. The van der Waals surface area contributed by atoms with Crippen molar-refractivity contribution in [3.05, 3.63) is 29.8 Å². The van der Waals surface area contributed by atoms with Gasteiger partial charge in [0, 0.05) is 4.90 Å². The molecule has 0 aromatic heterocycles. The molecule has 1 N–H and O–H groups in total. The molecule has 132 valence electrons. The van der Waals surface area contributed by atoms with Crippen LogP contribution in [-0.2, 0) is 14.3 Å². The number of ketones is 1. The summed E-state index contributed by atoms with van der Waals surface area (Å²) in [7, 11) is 0. The van der Waals surface area contributed by atoms with E-state index in [0.717, 1.165) is 12.8 Å². The summed E-state index contributed by atoms with van der Waals surface area (Å²) >= 11 is 1.25. The fourth-order valence-electron chi connectivity index (χ4n) is 2.70. The number of carbonyl (C=O) groups excluding carboxylic acids is 3. The van der Waals surface area contributed by atoms with E-state index < -0.39 is 24.0 Å². The van der Waals surface area contributed by atoms with E-state index in [-0.39, 0.29) is 11.5 Å². The van der Waals surface area contributed by atoms with Crippen molar-refractivity contribution in [1.82, 2.24) is 5.32 Å². The quantitative estimate of drug-likeness (QED) is 0.593. The van der Waals surface area contributed by atoms with Crippen LogP contribution in [0.4, 0.5) is 0 Å². The van der Waals surface area contributed by atoms with Gasteiger partial charge in [-0.2, -0.15) is 5.26 Å². The Morgan fingerprint density at radius 3 is 2.60 bits per heavy atom. The van der Waals surface area contributed by atoms with Crippen LogP contribution in [0.25, 0.3) is 0 Å². The lowest BCUT2D eigenvalue weighted by Gasteiger charge is -2.21. The Labute approximate surface area is 150 Å². The van der Waals surface area contributed by atoms with Gasteiger partial charge >= 0.3 is 5.97 Å². The number of nitrogens with zero attached hydrogens (tertiary/aromatic N) is 1. The molecular formula is C18H20N2O4S. The van der Waals surface area contributed by atoms with E-state index >= 15 is 0 Å². The standard InChI is InChI=1S/C18H20N2O4S/c1-13(21)11-25-15-7-3-2-6-14(15)17(23)24-10-16(22)20-18(12-19)8-4-5-9-18/h2-3,6-7H,4-5,8-11H2,1H3,(H,20,22). The van der Waals surface area contributed by atoms with Crippen LogP contribution in [0.5, 0.6) is 0 Å². The summed E-state index contributed by atoms with van der Waals surface area (Å²) in [4.78, 5) is 36.0. The number of nitrogens with one attached hydrogen (secondary N) is 1. The number of benzene rings is 1. The van der Waals surface area contributed by atoms with Crippen molar-refractivity contribution in [3.8, 4) is 6.07 Å². The van der Waals surface area contributed by atoms with E-state index in [4.69, 9.17) is 4.74 Å². The lowest BCUT2D eigenvalue weighted by Crippen LogP contribution is -2.46. The fourth-order valence-corrected chi connectivity index (χ4v) is 3.54. The van der Waals surface area contributed by atoms with Crippen molar-refractivity contribution < 1.29 is 19.1 Å². The number of amides is 1. The molecule has 1 amide bonds. The van der Waals surface area contributed by atoms with E-state index in [9.17, 15) is 19.6 Å². The Morgan fingerprint density at radius 2 is 1.96 bits per heavy atom. The zero-order valence-corrected chi connectivity index (χ0v) is 14.9. The number of carbonyl (C=O) groups is 3. The highest BCUT2D eigenvalue weighted by Crippen LogP contribution is 2.28. The highest BCUT2D eigenvalue weighted by atomic mass is 32.2. The summed E-state index contributed by atoms with van der Waals surface area (Å²) in [6.45, 7) is 1.04. The van der Waals surface area contributed by atoms with Crippen molar-refractivity contribution in [3.63, 3.8) is 0 Å². The average molecular weight is 360 g/mol. The number of thioether (sulfide) groups is 1. The SMILES string of the molecule is CC(=O)CSc1ccccc1C(=O)OCC(=O)NC1(C#N)CCCC1. The molecule has 0 unspecified atom stereocenters. The van der Waals surface area contributed by atoms with Gasteiger partial charge in [0.25, 0.3) is 5.91 Å². The molecule has 1 aliphatic carbocycles. The van der Waals surface area contributed by atoms with Gasteiger partial charge in [0.2, 0.25) is 0 Å². The molecule has 7 heteroatoms. The molecule has 0 heterocycles. The Hall–Kier alpha value is -2.33. The van der Waals surface area contributed by atoms with Crippen molar-refractivity contribution in [2.24, 2.45) is 0 Å². The van der Waals surface area contributed by atoms with Crippen LogP contribution in [0, 0.1) is 11.3 Å². The number of hydrogen-bond acceptors (Lipinski definition) is 6. The molecule has 0 saturated heterocycles. The average Bonchev–Trinajstić information content (AvgIpc) is 3.07. The zero-order valence-electron chi connectivity index (χ0n) is 14.0. The van der Waals surface area contributed by atoms with Crippen molar-refractivity contribution >= 4 is 29.4 Å². The Kier molecular flexibility index (Phi) is 6.59. The van der Waals surface area contributed by atoms with Crippen LogP contribution in [-0.4, -0.2) is 35.6 Å². The van der Waals surface area contributed by atoms with Crippen LogP contribution in [0.15, 0.2) is 29.2 Å². The smallest absolute Gasteiger partial charge is 0.339 e. The third kappa shape index (κ3) is 5.33. The molecule has 0 bridgehead atoms. The number of ether oxygens (including phenoxy) is 1. The van der Waals surface area contributed by atoms with Crippen LogP contribution in [0.1, 0.15) is 43.0 Å². The van der Waals surface area contributed by atoms with Gasteiger partial charge in [0.1, 0.15) is 11.3 Å². The van der Waals surface area contributed by atoms with Gasteiger partial charge in [-0.25, -0.2) is 4.79 Å². The lowest BCUT2D eigenvalue weighted by atomic mass is 10.00.